The van der Waals surface area contributed by atoms with Gasteiger partial charge in [-0.05, 0) is 186 Å². The maximum atomic E-state index is 15.8. The summed E-state index contributed by atoms with van der Waals surface area (Å²) in [5.41, 5.74) is 13.0. The lowest BCUT2D eigenvalue weighted by molar-refractivity contribution is -0.138. The van der Waals surface area contributed by atoms with Gasteiger partial charge in [-0.2, -0.15) is 36.5 Å². The average molecular weight is 1500 g/mol. The van der Waals surface area contributed by atoms with Crippen molar-refractivity contribution < 1.29 is 71.9 Å². The van der Waals surface area contributed by atoms with Crippen LogP contribution in [0.1, 0.15) is 157 Å². The van der Waals surface area contributed by atoms with Gasteiger partial charge in [0.1, 0.15) is 11.6 Å². The van der Waals surface area contributed by atoms with Crippen LogP contribution in [0.2, 0.25) is 0 Å². The summed E-state index contributed by atoms with van der Waals surface area (Å²) in [5.74, 6) is -2.07. The summed E-state index contributed by atoms with van der Waals surface area (Å²) < 4.78 is 145. The highest BCUT2D eigenvalue weighted by atomic mass is 35.5. The highest BCUT2D eigenvalue weighted by molar-refractivity contribution is 6.61. The smallest absolute Gasteiger partial charge is 0.445 e. The molecule has 0 spiro atoms. The Kier molecular flexibility index (Phi) is 21.1. The van der Waals surface area contributed by atoms with Gasteiger partial charge in [0.15, 0.2) is 36.3 Å². The average Bonchev–Trinajstić information content (AvgIpc) is 1.56. The Hall–Kier alpha value is -10.6. The Morgan fingerprint density at radius 3 is 1.38 bits per heavy atom. The molecule has 6 aromatic carbocycles. The monoisotopic (exact) mass is 1500 g/mol. The summed E-state index contributed by atoms with van der Waals surface area (Å²) in [6.45, 7) is 24.4. The van der Waals surface area contributed by atoms with Crippen molar-refractivity contribution in [1.82, 2.24) is 38.9 Å². The summed E-state index contributed by atoms with van der Waals surface area (Å²) in [5, 5.41) is 11.8. The molecular weight excluding hydrogens is 1420 g/mol. The molecule has 0 atom stereocenters. The van der Waals surface area contributed by atoms with E-state index in [2.05, 4.69) is 105 Å². The van der Waals surface area contributed by atoms with E-state index in [1.54, 1.807) is 38.2 Å². The maximum absolute atomic E-state index is 15.8. The fourth-order valence-corrected chi connectivity index (χ4v) is 14.4. The summed E-state index contributed by atoms with van der Waals surface area (Å²) in [4.78, 5) is 52.9. The molecule has 0 unspecified atom stereocenters. The molecule has 27 heteroatoms. The van der Waals surface area contributed by atoms with Gasteiger partial charge in [0.25, 0.3) is 0 Å². The second-order valence-corrected chi connectivity index (χ2v) is 27.7. The van der Waals surface area contributed by atoms with Gasteiger partial charge >= 0.3 is 35.5 Å². The van der Waals surface area contributed by atoms with Gasteiger partial charge in [0, 0.05) is 83.2 Å². The van der Waals surface area contributed by atoms with Gasteiger partial charge in [-0.3, -0.25) is 9.80 Å². The number of carbonyl (C=O) groups excluding carboxylic acids is 2. The molecule has 6 aromatic heterocycles. The zero-order chi connectivity index (χ0) is 77.1. The number of fused-ring (bicyclic) bond motifs is 4. The van der Waals surface area contributed by atoms with Crippen molar-refractivity contribution in [2.24, 2.45) is 0 Å². The maximum Gasteiger partial charge on any atom is 0.519 e. The normalized spacial score (nSPS) is 14.1. The van der Waals surface area contributed by atoms with E-state index in [9.17, 15) is 49.9 Å². The fourth-order valence-electron chi connectivity index (χ4n) is 14.4. The number of nitrogens with one attached hydrogen (secondary N) is 1. The van der Waals surface area contributed by atoms with Crippen LogP contribution >= 0.6 is 11.6 Å². The van der Waals surface area contributed by atoms with E-state index in [-0.39, 0.29) is 41.0 Å². The first-order valence-electron chi connectivity index (χ1n) is 34.7. The molecule has 0 bridgehead atoms. The third-order valence-corrected chi connectivity index (χ3v) is 20.4. The van der Waals surface area contributed by atoms with E-state index >= 15 is 4.39 Å². The summed E-state index contributed by atoms with van der Waals surface area (Å²) in [7, 11) is 0. The number of carbonyl (C=O) groups is 2. The molecule has 2 aliphatic rings. The third kappa shape index (κ3) is 14.7. The van der Waals surface area contributed by atoms with E-state index < -0.39 is 70.1 Å². The molecular formula is C80H77ClF8N8O10. The number of para-hydroxylation sites is 2. The summed E-state index contributed by atoms with van der Waals surface area (Å²) >= 11 is 4.88. The molecule has 0 fully saturated rings. The van der Waals surface area contributed by atoms with Crippen LogP contribution in [-0.4, -0.2) is 50.4 Å². The molecule has 14 rings (SSSR count). The predicted molar refractivity (Wildman–Crippen MR) is 385 cm³/mol. The number of alkyl halides is 6. The molecule has 107 heavy (non-hydrogen) atoms. The van der Waals surface area contributed by atoms with Crippen LogP contribution in [0.15, 0.2) is 149 Å². The second kappa shape index (κ2) is 29.6. The van der Waals surface area contributed by atoms with Gasteiger partial charge in [0.2, 0.25) is 0 Å². The van der Waals surface area contributed by atoms with Crippen LogP contribution in [-0.2, 0) is 98.0 Å². The van der Waals surface area contributed by atoms with E-state index in [0.717, 1.165) is 121 Å². The van der Waals surface area contributed by atoms with Gasteiger partial charge in [-0.1, -0.05) is 76.2 Å². The Bertz CT molecular complexity index is 5480. The largest absolute Gasteiger partial charge is 0.519 e. The Balaban J connectivity index is 0.000000176. The van der Waals surface area contributed by atoms with E-state index in [0.29, 0.717) is 53.8 Å². The van der Waals surface area contributed by atoms with E-state index in [1.165, 1.54) is 61.5 Å². The molecule has 0 amide bonds. The number of aromatic amines is 1. The number of hydrogen-bond donors (Lipinski definition) is 1. The molecule has 0 radical (unpaired) electrons. The van der Waals surface area contributed by atoms with Crippen molar-refractivity contribution in [3.63, 3.8) is 0 Å². The number of aromatic nitrogens is 6. The summed E-state index contributed by atoms with van der Waals surface area (Å²) in [6, 6.07) is 30.1. The van der Waals surface area contributed by atoms with Gasteiger partial charge < -0.3 is 32.1 Å². The molecule has 2 aliphatic heterocycles. The van der Waals surface area contributed by atoms with Crippen molar-refractivity contribution in [3.05, 3.63) is 256 Å². The van der Waals surface area contributed by atoms with Gasteiger partial charge in [-0.25, -0.2) is 41.9 Å². The highest BCUT2D eigenvalue weighted by Crippen LogP contribution is 2.50. The minimum atomic E-state index is -4.44. The standard InChI is InChI=1S/C40H38F4N4O5.C34H34F4N4.C6H5ClO5/c1-7-24-10-9-11-25(8-2)33(24)48-34(30-20-46(39(5,6)36(30)45-48)19-26-12-13-27(18-22(26)3)40(42,43)44)28-14-15-31(41)35-29(28)16-17-47(35)37(49)51-21-32-23(4)52-38(50)53-32;1-6-21-9-8-10-22(7-2)30(21)42-31(26-13-14-28(35)29-25(26)15-16-39-29)27-19-41(33(4,5)32(27)40-42)18-23-11-12-24(17-20(23)3)34(36,37)38;1-3-4(2-10-5(7)8)12-6(9)11-3/h9-18H,7-8,19-21H2,1-6H3;8-17,39H,6-7,18-19H2,1-5H3;2H2,1H3. The van der Waals surface area contributed by atoms with Gasteiger partial charge in [0.05, 0.1) is 67.4 Å². The molecule has 8 heterocycles. The predicted octanol–water partition coefficient (Wildman–Crippen LogP) is 19.7. The van der Waals surface area contributed by atoms with Crippen molar-refractivity contribution >= 4 is 44.9 Å². The first-order chi connectivity index (χ1) is 50.7. The number of nitrogens with zero attached hydrogens (tertiary/aromatic N) is 7. The van der Waals surface area contributed by atoms with Crippen LogP contribution in [0, 0.1) is 39.3 Å². The highest BCUT2D eigenvalue weighted by Gasteiger charge is 2.46. The number of rotatable bonds is 16. The zero-order valence-corrected chi connectivity index (χ0v) is 61.5. The van der Waals surface area contributed by atoms with Crippen molar-refractivity contribution in [2.45, 2.75) is 172 Å². The number of H-pyrrole nitrogens is 1. The lowest BCUT2D eigenvalue weighted by Crippen LogP contribution is -2.36. The molecule has 18 nitrogen and oxygen atoms in total. The summed E-state index contributed by atoms with van der Waals surface area (Å²) in [6.07, 6.45) is -3.40. The number of halogens is 9. The molecule has 0 aliphatic carbocycles. The first-order valence-corrected chi connectivity index (χ1v) is 35.1. The van der Waals surface area contributed by atoms with Crippen LogP contribution in [0.25, 0.3) is 55.7 Å². The fraction of sp³-hybridized carbons (Fsp3) is 0.325. The minimum Gasteiger partial charge on any atom is -0.445 e. The van der Waals surface area contributed by atoms with Crippen molar-refractivity contribution in [2.75, 3.05) is 0 Å². The molecule has 0 saturated carbocycles. The van der Waals surface area contributed by atoms with E-state index in [1.807, 2.05) is 36.7 Å². The number of benzene rings is 6. The van der Waals surface area contributed by atoms with Crippen molar-refractivity contribution in [3.8, 4) is 33.9 Å². The SMILES string of the molecule is CCc1cccc(CC)c1-n1nc2c(c1-c1ccc(F)c3[nH]ccc13)CN(Cc1ccc(C(F)(F)F)cc1C)C2(C)C.CCc1cccc(CC)c1-n1nc2c(c1-c1ccc(F)c3c1ccn3C(=O)OCc1oc(=O)oc1C)CN(Cc1ccc(C(F)(F)F)cc1C)C2(C)C.Cc1oc(=O)oc1COC(=O)Cl. The zero-order valence-electron chi connectivity index (χ0n) is 60.7. The van der Waals surface area contributed by atoms with Gasteiger partial charge in [-0.15, -0.1) is 0 Å². The van der Waals surface area contributed by atoms with Crippen LogP contribution in [0.4, 0.5) is 44.7 Å². The molecule has 1 N–H and O–H groups in total. The Labute approximate surface area is 614 Å². The van der Waals surface area contributed by atoms with Crippen LogP contribution in [0.3, 0.4) is 0 Å². The van der Waals surface area contributed by atoms with Crippen molar-refractivity contribution in [1.29, 1.82) is 0 Å². The lowest BCUT2D eigenvalue weighted by atomic mass is 9.96. The topological polar surface area (TPSA) is 202 Å². The lowest BCUT2D eigenvalue weighted by Gasteiger charge is -2.32. The van der Waals surface area contributed by atoms with Crippen LogP contribution in [0.5, 0.6) is 0 Å². The number of aryl methyl sites for hydroxylation is 8. The quantitative estimate of drug-likeness (QED) is 0.0707. The molecule has 0 saturated heterocycles. The number of ether oxygens (including phenoxy) is 2. The third-order valence-electron chi connectivity index (χ3n) is 20.3. The molecule has 560 valence electrons. The minimum absolute atomic E-state index is 0.00616. The Morgan fingerprint density at radius 1 is 0.551 bits per heavy atom. The number of hydrogen-bond acceptors (Lipinski definition) is 14. The molecule has 12 aromatic rings. The second-order valence-electron chi connectivity index (χ2n) is 27.4. The van der Waals surface area contributed by atoms with Crippen LogP contribution < -0.4 is 11.6 Å². The Morgan fingerprint density at radius 2 is 0.981 bits per heavy atom. The first kappa shape index (κ1) is 76.1. The van der Waals surface area contributed by atoms with E-state index in [4.69, 9.17) is 35.4 Å².